The molecule has 1 N–H and O–H groups in total. The first kappa shape index (κ1) is 17.7. The Morgan fingerprint density at radius 1 is 1.33 bits per heavy atom. The van der Waals surface area contributed by atoms with E-state index >= 15 is 0 Å². The van der Waals surface area contributed by atoms with Gasteiger partial charge in [-0.25, -0.2) is 0 Å². The second-order valence-corrected chi connectivity index (χ2v) is 6.13. The maximum Gasteiger partial charge on any atom is 0.315 e. The van der Waals surface area contributed by atoms with Crippen molar-refractivity contribution >= 4 is 5.97 Å². The van der Waals surface area contributed by atoms with Crippen molar-refractivity contribution in [3.8, 4) is 0 Å². The lowest BCUT2D eigenvalue weighted by atomic mass is 9.82. The summed E-state index contributed by atoms with van der Waals surface area (Å²) in [4.78, 5) is 14.0. The summed E-state index contributed by atoms with van der Waals surface area (Å²) in [6.07, 6.45) is 0. The first-order chi connectivity index (χ1) is 9.90. The number of carboxylic acid groups (broad SMARTS) is 1. The zero-order valence-corrected chi connectivity index (χ0v) is 13.5. The average Bonchev–Trinajstić information content (AvgIpc) is 2.44. The molecule has 0 heterocycles. The van der Waals surface area contributed by atoms with Crippen LogP contribution in [0.25, 0.3) is 0 Å². The van der Waals surface area contributed by atoms with Crippen molar-refractivity contribution in [2.75, 3.05) is 33.4 Å². The number of carbonyl (C=O) groups is 1. The summed E-state index contributed by atoms with van der Waals surface area (Å²) in [5.41, 5.74) is -0.0761. The van der Waals surface area contributed by atoms with Gasteiger partial charge in [0.25, 0.3) is 0 Å². The molecule has 0 spiro atoms. The molecular formula is C17H27NO3. The van der Waals surface area contributed by atoms with Gasteiger partial charge in [0, 0.05) is 26.7 Å². The van der Waals surface area contributed by atoms with E-state index in [-0.39, 0.29) is 0 Å². The molecule has 0 aromatic heterocycles. The molecule has 0 bridgehead atoms. The molecule has 1 unspecified atom stereocenters. The summed E-state index contributed by atoms with van der Waals surface area (Å²) >= 11 is 0. The van der Waals surface area contributed by atoms with Gasteiger partial charge in [0.15, 0.2) is 0 Å². The Balaban J connectivity index is 2.95. The van der Waals surface area contributed by atoms with E-state index in [0.29, 0.717) is 19.1 Å². The zero-order chi connectivity index (χ0) is 15.9. The summed E-state index contributed by atoms with van der Waals surface area (Å²) in [5, 5.41) is 9.74. The molecule has 1 aromatic carbocycles. The van der Waals surface area contributed by atoms with E-state index in [2.05, 4.69) is 18.7 Å². The fraction of sp³-hybridized carbons (Fsp3) is 0.588. The molecule has 0 fully saturated rings. The van der Waals surface area contributed by atoms with E-state index in [1.165, 1.54) is 0 Å². The molecule has 0 saturated carbocycles. The number of carboxylic acids is 1. The predicted molar refractivity (Wildman–Crippen MR) is 84.6 cm³/mol. The SMILES string of the molecule is COCCN(CC(C)C)CC(C)(C(=O)O)c1ccccc1. The molecule has 118 valence electrons. The van der Waals surface area contributed by atoms with E-state index in [4.69, 9.17) is 4.74 Å². The van der Waals surface area contributed by atoms with Crippen molar-refractivity contribution in [1.29, 1.82) is 0 Å². The minimum Gasteiger partial charge on any atom is -0.481 e. The van der Waals surface area contributed by atoms with E-state index in [0.717, 1.165) is 18.7 Å². The number of hydrogen-bond acceptors (Lipinski definition) is 3. The summed E-state index contributed by atoms with van der Waals surface area (Å²) in [6.45, 7) is 8.76. The van der Waals surface area contributed by atoms with Gasteiger partial charge < -0.3 is 9.84 Å². The number of methoxy groups -OCH3 is 1. The zero-order valence-electron chi connectivity index (χ0n) is 13.5. The van der Waals surface area contributed by atoms with Crippen LogP contribution in [0.5, 0.6) is 0 Å². The molecule has 21 heavy (non-hydrogen) atoms. The van der Waals surface area contributed by atoms with E-state index < -0.39 is 11.4 Å². The lowest BCUT2D eigenvalue weighted by molar-refractivity contribution is -0.144. The van der Waals surface area contributed by atoms with Crippen molar-refractivity contribution in [3.63, 3.8) is 0 Å². The van der Waals surface area contributed by atoms with E-state index in [1.54, 1.807) is 14.0 Å². The highest BCUT2D eigenvalue weighted by Gasteiger charge is 2.37. The largest absolute Gasteiger partial charge is 0.481 e. The monoisotopic (exact) mass is 293 g/mol. The first-order valence-electron chi connectivity index (χ1n) is 7.40. The van der Waals surface area contributed by atoms with Gasteiger partial charge >= 0.3 is 5.97 Å². The molecule has 4 nitrogen and oxygen atoms in total. The molecule has 1 rings (SSSR count). The normalized spacial score (nSPS) is 14.4. The summed E-state index contributed by atoms with van der Waals surface area (Å²) in [6, 6.07) is 9.45. The molecule has 0 aliphatic carbocycles. The molecule has 0 saturated heterocycles. The third-order valence-corrected chi connectivity index (χ3v) is 3.66. The summed E-state index contributed by atoms with van der Waals surface area (Å²) < 4.78 is 5.15. The van der Waals surface area contributed by atoms with Crippen LogP contribution in [0.4, 0.5) is 0 Å². The topological polar surface area (TPSA) is 49.8 Å². The predicted octanol–water partition coefficient (Wildman–Crippen LogP) is 2.63. The smallest absolute Gasteiger partial charge is 0.315 e. The molecule has 0 amide bonds. The Bertz CT molecular complexity index is 433. The fourth-order valence-corrected chi connectivity index (χ4v) is 2.51. The molecule has 0 radical (unpaired) electrons. The maximum atomic E-state index is 11.9. The molecule has 4 heteroatoms. The second-order valence-electron chi connectivity index (χ2n) is 6.13. The van der Waals surface area contributed by atoms with Crippen molar-refractivity contribution in [3.05, 3.63) is 35.9 Å². The highest BCUT2D eigenvalue weighted by atomic mass is 16.5. The van der Waals surface area contributed by atoms with Gasteiger partial charge in [-0.3, -0.25) is 9.69 Å². The Morgan fingerprint density at radius 3 is 2.43 bits per heavy atom. The highest BCUT2D eigenvalue weighted by molar-refractivity contribution is 5.81. The van der Waals surface area contributed by atoms with Crippen LogP contribution in [0.1, 0.15) is 26.3 Å². The van der Waals surface area contributed by atoms with Crippen molar-refractivity contribution in [1.82, 2.24) is 4.90 Å². The minimum atomic E-state index is -0.913. The maximum absolute atomic E-state index is 11.9. The molecule has 1 aromatic rings. The van der Waals surface area contributed by atoms with Crippen LogP contribution in [0, 0.1) is 5.92 Å². The van der Waals surface area contributed by atoms with Gasteiger partial charge in [-0.2, -0.15) is 0 Å². The lowest BCUT2D eigenvalue weighted by Gasteiger charge is -2.33. The lowest BCUT2D eigenvalue weighted by Crippen LogP contribution is -2.46. The van der Waals surface area contributed by atoms with Gasteiger partial charge in [-0.1, -0.05) is 44.2 Å². The van der Waals surface area contributed by atoms with Crippen molar-refractivity contribution in [2.24, 2.45) is 5.92 Å². The first-order valence-corrected chi connectivity index (χ1v) is 7.40. The third kappa shape index (κ3) is 5.14. The second kappa shape index (κ2) is 8.15. The van der Waals surface area contributed by atoms with Gasteiger partial charge in [0.2, 0.25) is 0 Å². The van der Waals surface area contributed by atoms with Crippen LogP contribution in [0.3, 0.4) is 0 Å². The summed E-state index contributed by atoms with van der Waals surface area (Å²) in [5.74, 6) is -0.310. The van der Waals surface area contributed by atoms with Crippen molar-refractivity contribution < 1.29 is 14.6 Å². The van der Waals surface area contributed by atoms with Crippen LogP contribution in [0.15, 0.2) is 30.3 Å². The fourth-order valence-electron chi connectivity index (χ4n) is 2.51. The highest BCUT2D eigenvalue weighted by Crippen LogP contribution is 2.25. The molecule has 0 aliphatic heterocycles. The average molecular weight is 293 g/mol. The van der Waals surface area contributed by atoms with Gasteiger partial charge in [0.05, 0.1) is 6.61 Å². The number of ether oxygens (including phenoxy) is 1. The van der Waals surface area contributed by atoms with Gasteiger partial charge in [-0.05, 0) is 18.4 Å². The molecule has 1 atom stereocenters. The molecular weight excluding hydrogens is 266 g/mol. The number of hydrogen-bond donors (Lipinski definition) is 1. The standard InChI is InChI=1S/C17H27NO3/c1-14(2)12-18(10-11-21-4)13-17(3,16(19)20)15-8-6-5-7-9-15/h5-9,14H,10-13H2,1-4H3,(H,19,20). The van der Waals surface area contributed by atoms with Gasteiger partial charge in [-0.15, -0.1) is 0 Å². The number of rotatable bonds is 9. The van der Waals surface area contributed by atoms with Crippen LogP contribution in [-0.2, 0) is 14.9 Å². The van der Waals surface area contributed by atoms with E-state index in [9.17, 15) is 9.90 Å². The number of nitrogens with zero attached hydrogens (tertiary/aromatic N) is 1. The third-order valence-electron chi connectivity index (χ3n) is 3.66. The Kier molecular flexibility index (Phi) is 6.85. The molecule has 0 aliphatic rings. The van der Waals surface area contributed by atoms with Crippen LogP contribution >= 0.6 is 0 Å². The van der Waals surface area contributed by atoms with Crippen molar-refractivity contribution in [2.45, 2.75) is 26.2 Å². The van der Waals surface area contributed by atoms with Gasteiger partial charge in [0.1, 0.15) is 5.41 Å². The Hall–Kier alpha value is -1.39. The summed E-state index contributed by atoms with van der Waals surface area (Å²) in [7, 11) is 1.67. The quantitative estimate of drug-likeness (QED) is 0.760. The Labute approximate surface area is 127 Å². The van der Waals surface area contributed by atoms with E-state index in [1.807, 2.05) is 30.3 Å². The Morgan fingerprint density at radius 2 is 1.95 bits per heavy atom. The van der Waals surface area contributed by atoms with Crippen LogP contribution in [-0.4, -0.2) is 49.3 Å². The number of benzene rings is 1. The van der Waals surface area contributed by atoms with Crippen LogP contribution < -0.4 is 0 Å². The van der Waals surface area contributed by atoms with Crippen LogP contribution in [0.2, 0.25) is 0 Å². The number of aliphatic carboxylic acids is 1. The minimum absolute atomic E-state index is 0.480.